The van der Waals surface area contributed by atoms with E-state index >= 15 is 0 Å². The van der Waals surface area contributed by atoms with Crippen molar-refractivity contribution in [3.05, 3.63) is 12.7 Å². The zero-order valence-electron chi connectivity index (χ0n) is 8.32. The van der Waals surface area contributed by atoms with Gasteiger partial charge in [0, 0.05) is 0 Å². The fourth-order valence-corrected chi connectivity index (χ4v) is 1.55. The monoisotopic (exact) mass is 213 g/mol. The summed E-state index contributed by atoms with van der Waals surface area (Å²) in [6.07, 6.45) is 1.54. The van der Waals surface area contributed by atoms with Crippen molar-refractivity contribution in [3.63, 3.8) is 0 Å². The van der Waals surface area contributed by atoms with Gasteiger partial charge >= 0.3 is 18.9 Å². The molecule has 0 aromatic carbocycles. The number of amides is 1. The van der Waals surface area contributed by atoms with E-state index in [1.165, 1.54) is 0 Å². The molecule has 0 aromatic heterocycles. The molecular formula is C7H12LiNO4S. The molecule has 0 heterocycles. The smallest absolute Gasteiger partial charge is 0.746 e. The van der Waals surface area contributed by atoms with E-state index in [1.54, 1.807) is 6.92 Å². The molecule has 1 amide bonds. The summed E-state index contributed by atoms with van der Waals surface area (Å²) < 4.78 is 31.7. The minimum absolute atomic E-state index is 0. The van der Waals surface area contributed by atoms with Crippen LogP contribution in [0.1, 0.15) is 19.8 Å². The van der Waals surface area contributed by atoms with E-state index in [2.05, 4.69) is 11.9 Å². The Hall–Kier alpha value is -0.283. The Morgan fingerprint density at radius 3 is 2.43 bits per heavy atom. The molecule has 14 heavy (non-hydrogen) atoms. The van der Waals surface area contributed by atoms with Gasteiger partial charge in [0.1, 0.15) is 15.5 Å². The van der Waals surface area contributed by atoms with Gasteiger partial charge in [-0.05, 0) is 12.5 Å². The van der Waals surface area contributed by atoms with Crippen LogP contribution in [0.2, 0.25) is 0 Å². The van der Waals surface area contributed by atoms with E-state index in [1.807, 2.05) is 0 Å². The summed E-state index contributed by atoms with van der Waals surface area (Å²) in [7, 11) is -4.46. The van der Waals surface area contributed by atoms with Crippen molar-refractivity contribution >= 4 is 16.0 Å². The summed E-state index contributed by atoms with van der Waals surface area (Å²) in [5.74, 6) is -0.655. The summed E-state index contributed by atoms with van der Waals surface area (Å²) >= 11 is 0. The zero-order chi connectivity index (χ0) is 10.5. The Morgan fingerprint density at radius 1 is 1.64 bits per heavy atom. The van der Waals surface area contributed by atoms with Crippen LogP contribution in [0.5, 0.6) is 0 Å². The van der Waals surface area contributed by atoms with Crippen molar-refractivity contribution in [1.29, 1.82) is 0 Å². The molecule has 0 aliphatic rings. The summed E-state index contributed by atoms with van der Waals surface area (Å²) in [4.78, 5) is 10.7. The first kappa shape index (κ1) is 16.2. The second-order valence-corrected chi connectivity index (χ2v) is 4.04. The molecule has 0 saturated carbocycles. The van der Waals surface area contributed by atoms with Gasteiger partial charge < -0.3 is 9.87 Å². The van der Waals surface area contributed by atoms with Gasteiger partial charge in [-0.3, -0.25) is 4.79 Å². The quantitative estimate of drug-likeness (QED) is 0.299. The number of carbonyl (C=O) groups excluding carboxylic acids is 1. The van der Waals surface area contributed by atoms with Gasteiger partial charge in [-0.2, -0.15) is 0 Å². The third-order valence-electron chi connectivity index (χ3n) is 1.39. The van der Waals surface area contributed by atoms with Crippen molar-refractivity contribution in [2.75, 3.05) is 0 Å². The van der Waals surface area contributed by atoms with Crippen LogP contribution in [-0.2, 0) is 14.9 Å². The Bertz CT molecular complexity index is 288. The first-order valence-corrected chi connectivity index (χ1v) is 5.26. The molecule has 1 unspecified atom stereocenters. The second kappa shape index (κ2) is 7.07. The predicted molar refractivity (Wildman–Crippen MR) is 46.7 cm³/mol. The molecule has 0 rings (SSSR count). The van der Waals surface area contributed by atoms with Crippen LogP contribution < -0.4 is 24.2 Å². The van der Waals surface area contributed by atoms with Gasteiger partial charge in [0.15, 0.2) is 0 Å². The van der Waals surface area contributed by atoms with E-state index in [0.29, 0.717) is 6.42 Å². The Balaban J connectivity index is 0. The molecule has 1 atom stereocenters. The summed E-state index contributed by atoms with van der Waals surface area (Å²) in [6, 6.07) is 0. The first-order chi connectivity index (χ1) is 5.91. The largest absolute Gasteiger partial charge is 1.00 e. The Kier molecular flexibility index (Phi) is 8.16. The number of rotatable bonds is 5. The molecule has 0 radical (unpaired) electrons. The number of hydrogen-bond acceptors (Lipinski definition) is 4. The summed E-state index contributed by atoms with van der Waals surface area (Å²) in [6.45, 7) is 4.87. The SMILES string of the molecule is C=CC(=O)NC(CCC)S(=O)(=O)[O-].[Li+]. The Labute approximate surface area is 95.9 Å². The first-order valence-electron chi connectivity index (χ1n) is 3.79. The third-order valence-corrected chi connectivity index (χ3v) is 2.44. The van der Waals surface area contributed by atoms with Crippen molar-refractivity contribution in [2.24, 2.45) is 0 Å². The molecule has 76 valence electrons. The van der Waals surface area contributed by atoms with E-state index in [-0.39, 0.29) is 25.3 Å². The van der Waals surface area contributed by atoms with Gasteiger partial charge in [-0.1, -0.05) is 19.9 Å². The average Bonchev–Trinajstić information content (AvgIpc) is 2.01. The van der Waals surface area contributed by atoms with Gasteiger partial charge in [0.25, 0.3) is 0 Å². The van der Waals surface area contributed by atoms with Crippen LogP contribution in [-0.4, -0.2) is 24.3 Å². The zero-order valence-corrected chi connectivity index (χ0v) is 9.13. The molecule has 0 saturated heterocycles. The molecule has 7 heteroatoms. The summed E-state index contributed by atoms with van der Waals surface area (Å²) in [5, 5.41) is 0.706. The molecule has 0 fully saturated rings. The molecule has 0 spiro atoms. The van der Waals surface area contributed by atoms with Crippen LogP contribution >= 0.6 is 0 Å². The van der Waals surface area contributed by atoms with Crippen LogP contribution in [0, 0.1) is 0 Å². The average molecular weight is 213 g/mol. The van der Waals surface area contributed by atoms with E-state index in [9.17, 15) is 17.8 Å². The fourth-order valence-electron chi connectivity index (χ4n) is 0.768. The van der Waals surface area contributed by atoms with E-state index in [4.69, 9.17) is 0 Å². The van der Waals surface area contributed by atoms with E-state index < -0.39 is 21.4 Å². The van der Waals surface area contributed by atoms with E-state index in [0.717, 1.165) is 6.08 Å². The normalized spacial score (nSPS) is 12.4. The van der Waals surface area contributed by atoms with Gasteiger partial charge in [0.05, 0.1) is 0 Å². The number of nitrogens with one attached hydrogen (secondary N) is 1. The van der Waals surface area contributed by atoms with Crippen molar-refractivity contribution in [2.45, 2.75) is 25.1 Å². The van der Waals surface area contributed by atoms with Gasteiger partial charge in [-0.25, -0.2) is 8.42 Å². The molecule has 0 aliphatic heterocycles. The Morgan fingerprint density at radius 2 is 2.14 bits per heavy atom. The maximum absolute atomic E-state index is 10.7. The standard InChI is InChI=1S/C7H13NO4S.Li/c1-3-5-7(13(10,11)12)8-6(9)4-2;/h4,7H,2-3,5H2,1H3,(H,8,9)(H,10,11,12);/q;+1/p-1. The molecular weight excluding hydrogens is 201 g/mol. The maximum Gasteiger partial charge on any atom is 1.00 e. The summed E-state index contributed by atoms with van der Waals surface area (Å²) in [5.41, 5.74) is 0. The van der Waals surface area contributed by atoms with Gasteiger partial charge in [0.2, 0.25) is 5.91 Å². The van der Waals surface area contributed by atoms with Crippen LogP contribution in [0.25, 0.3) is 0 Å². The minimum atomic E-state index is -4.46. The molecule has 0 aromatic rings. The second-order valence-electron chi connectivity index (χ2n) is 2.48. The molecule has 0 bridgehead atoms. The van der Waals surface area contributed by atoms with Crippen LogP contribution in [0.15, 0.2) is 12.7 Å². The van der Waals surface area contributed by atoms with Crippen molar-refractivity contribution in [3.8, 4) is 0 Å². The maximum atomic E-state index is 10.7. The minimum Gasteiger partial charge on any atom is -0.746 e. The van der Waals surface area contributed by atoms with Gasteiger partial charge in [-0.15, -0.1) is 0 Å². The predicted octanol–water partition coefficient (Wildman–Crippen LogP) is -3.04. The molecule has 1 N–H and O–H groups in total. The third kappa shape index (κ3) is 6.21. The molecule has 0 aliphatic carbocycles. The van der Waals surface area contributed by atoms with Crippen molar-refractivity contribution < 1.29 is 36.6 Å². The molecule has 5 nitrogen and oxygen atoms in total. The topological polar surface area (TPSA) is 86.3 Å². The van der Waals surface area contributed by atoms with Crippen LogP contribution in [0.4, 0.5) is 0 Å². The van der Waals surface area contributed by atoms with Crippen molar-refractivity contribution in [1.82, 2.24) is 5.32 Å². The number of hydrogen-bond donors (Lipinski definition) is 1. The van der Waals surface area contributed by atoms with Crippen LogP contribution in [0.3, 0.4) is 0 Å². The fraction of sp³-hybridized carbons (Fsp3) is 0.571. The number of carbonyl (C=O) groups is 1.